The van der Waals surface area contributed by atoms with Crippen LogP contribution in [-0.2, 0) is 4.79 Å². The van der Waals surface area contributed by atoms with Crippen LogP contribution in [0.25, 0.3) is 6.08 Å². The molecule has 2 rings (SSSR count). The number of rotatable bonds is 3. The lowest BCUT2D eigenvalue weighted by Crippen LogP contribution is -2.42. The standard InChI is InChI=1S/C14H12F4O4/c1-13(2,15)11-9(12(19)20)6-7-5-8(22-14(16,17)18)3-4-10(7)21-11/h3-6,11H,1-2H3,(H,19,20). The van der Waals surface area contributed by atoms with E-state index in [1.807, 2.05) is 0 Å². The Morgan fingerprint density at radius 3 is 2.41 bits per heavy atom. The van der Waals surface area contributed by atoms with Gasteiger partial charge in [-0.1, -0.05) is 0 Å². The maximum Gasteiger partial charge on any atom is 0.573 e. The highest BCUT2D eigenvalue weighted by Gasteiger charge is 2.40. The first-order chi connectivity index (χ1) is 9.97. The van der Waals surface area contributed by atoms with Crippen molar-refractivity contribution < 1.29 is 36.9 Å². The molecule has 1 heterocycles. The average Bonchev–Trinajstić information content (AvgIpc) is 2.33. The Balaban J connectivity index is 2.43. The molecule has 1 atom stereocenters. The van der Waals surface area contributed by atoms with Gasteiger partial charge in [-0.3, -0.25) is 0 Å². The maximum absolute atomic E-state index is 14.1. The summed E-state index contributed by atoms with van der Waals surface area (Å²) in [6, 6.07) is 3.16. The third-order valence-corrected chi connectivity index (χ3v) is 2.92. The topological polar surface area (TPSA) is 55.8 Å². The second-order valence-corrected chi connectivity index (χ2v) is 5.21. The van der Waals surface area contributed by atoms with Crippen molar-refractivity contribution in [2.75, 3.05) is 0 Å². The molecule has 8 heteroatoms. The molecule has 120 valence electrons. The zero-order valence-corrected chi connectivity index (χ0v) is 11.6. The summed E-state index contributed by atoms with van der Waals surface area (Å²) >= 11 is 0. The second-order valence-electron chi connectivity index (χ2n) is 5.21. The average molecular weight is 320 g/mol. The Labute approximate surface area is 123 Å². The SMILES string of the molecule is CC(C)(F)C1Oc2ccc(OC(F)(F)F)cc2C=C1C(=O)O. The van der Waals surface area contributed by atoms with Gasteiger partial charge in [0, 0.05) is 5.56 Å². The van der Waals surface area contributed by atoms with Crippen molar-refractivity contribution in [1.82, 2.24) is 0 Å². The summed E-state index contributed by atoms with van der Waals surface area (Å²) in [6.07, 6.45) is -5.16. The summed E-state index contributed by atoms with van der Waals surface area (Å²) in [5, 5.41) is 9.13. The molecule has 0 aliphatic carbocycles. The maximum atomic E-state index is 14.1. The minimum Gasteiger partial charge on any atom is -0.481 e. The predicted molar refractivity (Wildman–Crippen MR) is 68.3 cm³/mol. The summed E-state index contributed by atoms with van der Waals surface area (Å²) < 4.78 is 59.7. The third kappa shape index (κ3) is 3.49. The van der Waals surface area contributed by atoms with Gasteiger partial charge in [0.1, 0.15) is 17.2 Å². The van der Waals surface area contributed by atoms with Crippen LogP contribution in [0.3, 0.4) is 0 Å². The van der Waals surface area contributed by atoms with Crippen LogP contribution >= 0.6 is 0 Å². The van der Waals surface area contributed by atoms with Gasteiger partial charge in [-0.2, -0.15) is 0 Å². The van der Waals surface area contributed by atoms with Crippen LogP contribution in [0.15, 0.2) is 23.8 Å². The van der Waals surface area contributed by atoms with Crippen molar-refractivity contribution in [2.45, 2.75) is 32.0 Å². The van der Waals surface area contributed by atoms with E-state index in [1.165, 1.54) is 6.07 Å². The van der Waals surface area contributed by atoms with Crippen molar-refractivity contribution in [2.24, 2.45) is 0 Å². The van der Waals surface area contributed by atoms with Crippen molar-refractivity contribution in [3.63, 3.8) is 0 Å². The van der Waals surface area contributed by atoms with E-state index in [0.29, 0.717) is 0 Å². The monoisotopic (exact) mass is 320 g/mol. The normalized spacial score (nSPS) is 18.1. The fourth-order valence-electron chi connectivity index (χ4n) is 2.06. The van der Waals surface area contributed by atoms with E-state index in [2.05, 4.69) is 4.74 Å². The van der Waals surface area contributed by atoms with Gasteiger partial charge in [0.25, 0.3) is 0 Å². The molecular weight excluding hydrogens is 308 g/mol. The second kappa shape index (κ2) is 5.19. The molecule has 1 aliphatic rings. The molecule has 0 bridgehead atoms. The predicted octanol–water partition coefficient (Wildman–Crippen LogP) is 3.56. The molecule has 0 aromatic heterocycles. The molecule has 1 N–H and O–H groups in total. The minimum atomic E-state index is -4.87. The number of hydrogen-bond acceptors (Lipinski definition) is 3. The van der Waals surface area contributed by atoms with Gasteiger partial charge >= 0.3 is 12.3 Å². The van der Waals surface area contributed by atoms with Crippen molar-refractivity contribution >= 4 is 12.0 Å². The molecule has 22 heavy (non-hydrogen) atoms. The first-order valence-electron chi connectivity index (χ1n) is 6.17. The van der Waals surface area contributed by atoms with Crippen LogP contribution in [0.1, 0.15) is 19.4 Å². The van der Waals surface area contributed by atoms with Gasteiger partial charge in [-0.25, -0.2) is 9.18 Å². The van der Waals surface area contributed by atoms with Crippen LogP contribution < -0.4 is 9.47 Å². The number of alkyl halides is 4. The molecule has 4 nitrogen and oxygen atoms in total. The smallest absolute Gasteiger partial charge is 0.481 e. The number of aliphatic carboxylic acids is 1. The Morgan fingerprint density at radius 2 is 1.91 bits per heavy atom. The van der Waals surface area contributed by atoms with E-state index in [0.717, 1.165) is 32.1 Å². The number of benzene rings is 1. The third-order valence-electron chi connectivity index (χ3n) is 2.92. The van der Waals surface area contributed by atoms with Gasteiger partial charge < -0.3 is 14.6 Å². The van der Waals surface area contributed by atoms with Crippen LogP contribution in [0.5, 0.6) is 11.5 Å². The zero-order chi connectivity index (χ0) is 16.7. The van der Waals surface area contributed by atoms with Crippen molar-refractivity contribution in [3.05, 3.63) is 29.3 Å². The van der Waals surface area contributed by atoms with Crippen molar-refractivity contribution in [3.8, 4) is 11.5 Å². The van der Waals surface area contributed by atoms with E-state index in [-0.39, 0.29) is 16.9 Å². The van der Waals surface area contributed by atoms with Crippen LogP contribution in [0.2, 0.25) is 0 Å². The molecule has 0 saturated carbocycles. The highest BCUT2D eigenvalue weighted by Crippen LogP contribution is 2.38. The van der Waals surface area contributed by atoms with Crippen LogP contribution in [-0.4, -0.2) is 29.2 Å². The molecule has 0 saturated heterocycles. The minimum absolute atomic E-state index is 0.0691. The number of carboxylic acids is 1. The zero-order valence-electron chi connectivity index (χ0n) is 11.6. The highest BCUT2D eigenvalue weighted by atomic mass is 19.4. The molecule has 0 fully saturated rings. The molecule has 1 aromatic rings. The van der Waals surface area contributed by atoms with Gasteiger partial charge in [0.05, 0.1) is 5.57 Å². The van der Waals surface area contributed by atoms with E-state index in [4.69, 9.17) is 9.84 Å². The number of carbonyl (C=O) groups is 1. The Hall–Kier alpha value is -2.25. The first kappa shape index (κ1) is 16.1. The van der Waals surface area contributed by atoms with E-state index in [9.17, 15) is 22.4 Å². The quantitative estimate of drug-likeness (QED) is 0.865. The van der Waals surface area contributed by atoms with Crippen LogP contribution in [0.4, 0.5) is 17.6 Å². The molecule has 0 amide bonds. The van der Waals surface area contributed by atoms with Gasteiger partial charge in [0.2, 0.25) is 0 Å². The lowest BCUT2D eigenvalue weighted by Gasteiger charge is -2.32. The number of hydrogen-bond donors (Lipinski definition) is 1. The van der Waals surface area contributed by atoms with Crippen LogP contribution in [0, 0.1) is 0 Å². The summed E-state index contributed by atoms with van der Waals surface area (Å²) in [5.41, 5.74) is -2.30. The largest absolute Gasteiger partial charge is 0.573 e. The Bertz CT molecular complexity index is 629. The number of ether oxygens (including phenoxy) is 2. The van der Waals surface area contributed by atoms with Gasteiger partial charge in [-0.15, -0.1) is 13.2 Å². The number of halogens is 4. The molecule has 0 spiro atoms. The molecule has 1 aliphatic heterocycles. The van der Waals surface area contributed by atoms with Gasteiger partial charge in [-0.05, 0) is 38.1 Å². The fourth-order valence-corrected chi connectivity index (χ4v) is 2.06. The summed E-state index contributed by atoms with van der Waals surface area (Å²) in [6.45, 7) is 2.31. The summed E-state index contributed by atoms with van der Waals surface area (Å²) in [4.78, 5) is 11.2. The highest BCUT2D eigenvalue weighted by molar-refractivity contribution is 5.95. The molecule has 0 radical (unpaired) electrons. The first-order valence-corrected chi connectivity index (χ1v) is 6.17. The Kier molecular flexibility index (Phi) is 3.80. The van der Waals surface area contributed by atoms with E-state index >= 15 is 0 Å². The molecule has 1 unspecified atom stereocenters. The fraction of sp³-hybridized carbons (Fsp3) is 0.357. The van der Waals surface area contributed by atoms with E-state index in [1.54, 1.807) is 0 Å². The lowest BCUT2D eigenvalue weighted by molar-refractivity contribution is -0.274. The number of fused-ring (bicyclic) bond motifs is 1. The summed E-state index contributed by atoms with van der Waals surface area (Å²) in [7, 11) is 0. The van der Waals surface area contributed by atoms with Gasteiger partial charge in [0.15, 0.2) is 6.10 Å². The Morgan fingerprint density at radius 1 is 1.27 bits per heavy atom. The lowest BCUT2D eigenvalue weighted by atomic mass is 9.92. The van der Waals surface area contributed by atoms with Crippen molar-refractivity contribution in [1.29, 1.82) is 0 Å². The number of carboxylic acid groups (broad SMARTS) is 1. The van der Waals surface area contributed by atoms with E-state index < -0.39 is 29.9 Å². The summed E-state index contributed by atoms with van der Waals surface area (Å²) in [5.74, 6) is -1.85. The molecule has 1 aromatic carbocycles. The molecular formula is C14H12F4O4.